The van der Waals surface area contributed by atoms with E-state index in [0.717, 1.165) is 23.0 Å². The van der Waals surface area contributed by atoms with Gasteiger partial charge in [-0.1, -0.05) is 18.2 Å². The number of benzene rings is 1. The number of carbonyl (C=O) groups excluding carboxylic acids is 1. The van der Waals surface area contributed by atoms with Crippen LogP contribution in [0.5, 0.6) is 0 Å². The highest BCUT2D eigenvalue weighted by atomic mass is 16.2. The van der Waals surface area contributed by atoms with Gasteiger partial charge in [0.15, 0.2) is 11.6 Å². The predicted molar refractivity (Wildman–Crippen MR) is 116 cm³/mol. The van der Waals surface area contributed by atoms with Crippen LogP contribution in [0.25, 0.3) is 11.5 Å². The molecule has 1 aliphatic rings. The molecule has 9 nitrogen and oxygen atoms in total. The molecule has 1 amide bonds. The molecule has 0 radical (unpaired) electrons. The molecule has 1 aromatic carbocycles. The van der Waals surface area contributed by atoms with Crippen LogP contribution in [0.3, 0.4) is 0 Å². The molecule has 0 atom stereocenters. The average molecular weight is 414 g/mol. The summed E-state index contributed by atoms with van der Waals surface area (Å²) in [6.45, 7) is 4.59. The molecule has 156 valence electrons. The van der Waals surface area contributed by atoms with E-state index in [4.69, 9.17) is 0 Å². The van der Waals surface area contributed by atoms with E-state index in [-0.39, 0.29) is 5.91 Å². The van der Waals surface area contributed by atoms with Gasteiger partial charge in [-0.05, 0) is 31.2 Å². The first-order valence-corrected chi connectivity index (χ1v) is 10.2. The minimum absolute atomic E-state index is 0.0147. The summed E-state index contributed by atoms with van der Waals surface area (Å²) in [5.41, 5.74) is 2.43. The lowest BCUT2D eigenvalue weighted by atomic mass is 10.2. The highest BCUT2D eigenvalue weighted by Gasteiger charge is 2.25. The Labute approximate surface area is 179 Å². The summed E-state index contributed by atoms with van der Waals surface area (Å²) in [7, 11) is 0. The first kappa shape index (κ1) is 19.0. The Kier molecular flexibility index (Phi) is 4.91. The van der Waals surface area contributed by atoms with Gasteiger partial charge in [0, 0.05) is 38.6 Å². The van der Waals surface area contributed by atoms with Crippen LogP contribution in [0, 0.1) is 6.92 Å². The van der Waals surface area contributed by atoms with Crippen LogP contribution in [0.2, 0.25) is 0 Å². The largest absolute Gasteiger partial charge is 0.352 e. The number of amides is 1. The van der Waals surface area contributed by atoms with Crippen molar-refractivity contribution in [2.45, 2.75) is 6.92 Å². The SMILES string of the molecule is Cc1c(C(=O)N2CCN(c3ccc(-n4ccnc4)nn3)CC2)cnn1-c1ccccc1. The van der Waals surface area contributed by atoms with Gasteiger partial charge in [0.1, 0.15) is 6.33 Å². The second-order valence-corrected chi connectivity index (χ2v) is 7.39. The van der Waals surface area contributed by atoms with Gasteiger partial charge in [0.05, 0.1) is 23.1 Å². The molecule has 1 saturated heterocycles. The Morgan fingerprint density at radius 1 is 0.935 bits per heavy atom. The summed E-state index contributed by atoms with van der Waals surface area (Å²) in [5, 5.41) is 13.1. The number of imidazole rings is 1. The lowest BCUT2D eigenvalue weighted by Gasteiger charge is -2.35. The number of hydrogen-bond donors (Lipinski definition) is 0. The molecule has 0 saturated carbocycles. The van der Waals surface area contributed by atoms with E-state index >= 15 is 0 Å². The molecule has 1 aliphatic heterocycles. The first-order valence-electron chi connectivity index (χ1n) is 10.2. The fraction of sp³-hybridized carbons (Fsp3) is 0.227. The summed E-state index contributed by atoms with van der Waals surface area (Å²) < 4.78 is 3.62. The normalized spacial score (nSPS) is 14.1. The maximum Gasteiger partial charge on any atom is 0.257 e. The van der Waals surface area contributed by atoms with Crippen LogP contribution in [-0.2, 0) is 0 Å². The van der Waals surface area contributed by atoms with Gasteiger partial charge in [-0.15, -0.1) is 10.2 Å². The monoisotopic (exact) mass is 414 g/mol. The molecule has 0 bridgehead atoms. The zero-order chi connectivity index (χ0) is 21.2. The molecule has 0 spiro atoms. The summed E-state index contributed by atoms with van der Waals surface area (Å²) in [6, 6.07) is 13.7. The van der Waals surface area contributed by atoms with Crippen LogP contribution in [-0.4, -0.2) is 66.5 Å². The summed E-state index contributed by atoms with van der Waals surface area (Å²) in [5.74, 6) is 1.55. The molecule has 0 aliphatic carbocycles. The Balaban J connectivity index is 1.25. The standard InChI is InChI=1S/C22H22N8O/c1-17-19(15-24-30(17)18-5-3-2-4-6-18)22(31)28-13-11-27(12-14-28)20-7-8-21(26-25-20)29-10-9-23-16-29/h2-10,15-16H,11-14H2,1H3. The minimum atomic E-state index is 0.0147. The third-order valence-corrected chi connectivity index (χ3v) is 5.54. The number of hydrogen-bond acceptors (Lipinski definition) is 6. The molecule has 0 N–H and O–H groups in total. The lowest BCUT2D eigenvalue weighted by molar-refractivity contribution is 0.0745. The van der Waals surface area contributed by atoms with E-state index < -0.39 is 0 Å². The van der Waals surface area contributed by atoms with E-state index in [1.807, 2.05) is 65.1 Å². The number of carbonyl (C=O) groups is 1. The highest BCUT2D eigenvalue weighted by Crippen LogP contribution is 2.19. The maximum absolute atomic E-state index is 13.1. The smallest absolute Gasteiger partial charge is 0.257 e. The van der Waals surface area contributed by atoms with Crippen molar-refractivity contribution in [3.05, 3.63) is 78.6 Å². The number of anilines is 1. The van der Waals surface area contributed by atoms with Gasteiger partial charge in [0.25, 0.3) is 5.91 Å². The second-order valence-electron chi connectivity index (χ2n) is 7.39. The molecular formula is C22H22N8O. The molecule has 0 unspecified atom stereocenters. The number of para-hydroxylation sites is 1. The van der Waals surface area contributed by atoms with Crippen molar-refractivity contribution in [2.24, 2.45) is 0 Å². The molecule has 9 heteroatoms. The Morgan fingerprint density at radius 2 is 1.68 bits per heavy atom. The molecule has 5 rings (SSSR count). The molecular weight excluding hydrogens is 392 g/mol. The van der Waals surface area contributed by atoms with Crippen molar-refractivity contribution in [3.8, 4) is 11.5 Å². The van der Waals surface area contributed by atoms with Gasteiger partial charge in [-0.25, -0.2) is 9.67 Å². The zero-order valence-corrected chi connectivity index (χ0v) is 17.2. The average Bonchev–Trinajstić information content (AvgIpc) is 3.50. The van der Waals surface area contributed by atoms with Crippen LogP contribution >= 0.6 is 0 Å². The molecule has 3 aromatic heterocycles. The third kappa shape index (κ3) is 3.65. The van der Waals surface area contributed by atoms with Gasteiger partial charge in [0.2, 0.25) is 0 Å². The van der Waals surface area contributed by atoms with Crippen molar-refractivity contribution < 1.29 is 4.79 Å². The molecule has 1 fully saturated rings. The van der Waals surface area contributed by atoms with E-state index in [2.05, 4.69) is 25.2 Å². The van der Waals surface area contributed by atoms with Crippen molar-refractivity contribution in [1.82, 2.24) is 34.4 Å². The van der Waals surface area contributed by atoms with Gasteiger partial charge >= 0.3 is 0 Å². The molecule has 4 aromatic rings. The number of nitrogens with zero attached hydrogens (tertiary/aromatic N) is 8. The minimum Gasteiger partial charge on any atom is -0.352 e. The van der Waals surface area contributed by atoms with E-state index in [1.54, 1.807) is 23.4 Å². The van der Waals surface area contributed by atoms with Gasteiger partial charge in [-0.3, -0.25) is 9.36 Å². The van der Waals surface area contributed by atoms with Crippen molar-refractivity contribution in [3.63, 3.8) is 0 Å². The number of aromatic nitrogens is 6. The third-order valence-electron chi connectivity index (χ3n) is 5.54. The Hall–Kier alpha value is -4.01. The highest BCUT2D eigenvalue weighted by molar-refractivity contribution is 5.95. The van der Waals surface area contributed by atoms with E-state index in [9.17, 15) is 4.79 Å². The van der Waals surface area contributed by atoms with E-state index in [1.165, 1.54) is 0 Å². The second kappa shape index (κ2) is 8.02. The number of rotatable bonds is 4. The topological polar surface area (TPSA) is 85.0 Å². The van der Waals surface area contributed by atoms with Gasteiger partial charge < -0.3 is 9.80 Å². The van der Waals surface area contributed by atoms with Crippen molar-refractivity contribution in [1.29, 1.82) is 0 Å². The van der Waals surface area contributed by atoms with E-state index in [0.29, 0.717) is 31.7 Å². The zero-order valence-electron chi connectivity index (χ0n) is 17.2. The fourth-order valence-electron chi connectivity index (χ4n) is 3.78. The first-order chi connectivity index (χ1) is 15.2. The van der Waals surface area contributed by atoms with Crippen molar-refractivity contribution >= 4 is 11.7 Å². The lowest BCUT2D eigenvalue weighted by Crippen LogP contribution is -2.49. The van der Waals surface area contributed by atoms with Crippen LogP contribution < -0.4 is 4.90 Å². The Morgan fingerprint density at radius 3 is 2.35 bits per heavy atom. The summed E-state index contributed by atoms with van der Waals surface area (Å²) >= 11 is 0. The quantitative estimate of drug-likeness (QED) is 0.509. The summed E-state index contributed by atoms with van der Waals surface area (Å²) in [4.78, 5) is 21.2. The summed E-state index contributed by atoms with van der Waals surface area (Å²) in [6.07, 6.45) is 6.89. The predicted octanol–water partition coefficient (Wildman–Crippen LogP) is 2.12. The van der Waals surface area contributed by atoms with Crippen LogP contribution in [0.1, 0.15) is 16.1 Å². The Bertz CT molecular complexity index is 1160. The number of piperazine rings is 1. The van der Waals surface area contributed by atoms with Gasteiger partial charge in [-0.2, -0.15) is 5.10 Å². The van der Waals surface area contributed by atoms with Crippen LogP contribution in [0.4, 0.5) is 5.82 Å². The molecule has 4 heterocycles. The fourth-order valence-corrected chi connectivity index (χ4v) is 3.78. The molecule has 31 heavy (non-hydrogen) atoms. The van der Waals surface area contributed by atoms with Crippen molar-refractivity contribution in [2.75, 3.05) is 31.1 Å². The van der Waals surface area contributed by atoms with Crippen LogP contribution in [0.15, 0.2) is 67.4 Å². The maximum atomic E-state index is 13.1.